The van der Waals surface area contributed by atoms with Crippen LogP contribution >= 0.6 is 0 Å². The van der Waals surface area contributed by atoms with Crippen LogP contribution in [-0.2, 0) is 24.0 Å². The van der Waals surface area contributed by atoms with Crippen LogP contribution in [-0.4, -0.2) is 64.5 Å². The van der Waals surface area contributed by atoms with Crippen molar-refractivity contribution in [2.24, 2.45) is 0 Å². The number of hydrogen-bond acceptors (Lipinski definition) is 8. The molecule has 1 aromatic heterocycles. The predicted octanol–water partition coefficient (Wildman–Crippen LogP) is 3.99. The number of nitrogen functional groups attached to an aromatic ring is 1. The number of nitrogens with zero attached hydrogens (tertiary/aromatic N) is 2. The molecule has 9 nitrogen and oxygen atoms in total. The monoisotopic (exact) mass is 558 g/mol. The largest absolute Gasteiger partial charge is 0.772 e. The lowest BCUT2D eigenvalue weighted by molar-refractivity contribution is 0.0975. The summed E-state index contributed by atoms with van der Waals surface area (Å²) in [5.41, 5.74) is 5.66. The van der Waals surface area contributed by atoms with Crippen LogP contribution in [0.5, 0.6) is 5.75 Å². The Morgan fingerprint density at radius 1 is 1.21 bits per heavy atom. The van der Waals surface area contributed by atoms with Crippen LogP contribution in [0.1, 0.15) is 25.0 Å². The van der Waals surface area contributed by atoms with Gasteiger partial charge in [-0.3, -0.25) is 9.11 Å². The molecule has 1 heterocycles. The number of rotatable bonds is 8. The first-order valence-corrected chi connectivity index (χ1v) is 12.6. The van der Waals surface area contributed by atoms with E-state index in [9.17, 15) is 31.5 Å². The molecule has 0 saturated carbocycles. The van der Waals surface area contributed by atoms with E-state index in [-0.39, 0.29) is 48.3 Å². The normalized spacial score (nSPS) is 11.8. The van der Waals surface area contributed by atoms with E-state index in [0.29, 0.717) is 10.9 Å². The molecular weight excluding hydrogens is 527 g/mol. The fourth-order valence-corrected chi connectivity index (χ4v) is 3.40. The Hall–Kier alpha value is -3.42. The van der Waals surface area contributed by atoms with E-state index >= 15 is 0 Å². The van der Waals surface area contributed by atoms with E-state index in [2.05, 4.69) is 0 Å². The van der Waals surface area contributed by atoms with Gasteiger partial charge in [-0.25, -0.2) is 22.8 Å². The Bertz CT molecular complexity index is 1360. The summed E-state index contributed by atoms with van der Waals surface area (Å²) < 4.78 is 69.8. The van der Waals surface area contributed by atoms with Crippen LogP contribution in [0.3, 0.4) is 0 Å². The number of benzene rings is 2. The minimum absolute atomic E-state index is 0. The summed E-state index contributed by atoms with van der Waals surface area (Å²) >= 11 is -1.82. The molecule has 0 aliphatic rings. The predicted molar refractivity (Wildman–Crippen MR) is 140 cm³/mol. The molecule has 1 amide bonds. The van der Waals surface area contributed by atoms with Crippen molar-refractivity contribution < 1.29 is 37.3 Å². The molecule has 0 radical (unpaired) electrons. The molecule has 1 unspecified atom stereocenters. The van der Waals surface area contributed by atoms with E-state index in [0.717, 1.165) is 0 Å². The fourth-order valence-electron chi connectivity index (χ4n) is 3.40. The lowest BCUT2D eigenvalue weighted by Crippen LogP contribution is -2.26. The molecule has 3 aromatic rings. The van der Waals surface area contributed by atoms with Crippen molar-refractivity contribution >= 4 is 33.8 Å². The summed E-state index contributed by atoms with van der Waals surface area (Å²) in [6, 6.07) is 8.90. The van der Waals surface area contributed by atoms with Crippen LogP contribution in [0.15, 0.2) is 45.6 Å². The molecule has 13 heteroatoms. The summed E-state index contributed by atoms with van der Waals surface area (Å²) in [5, 5.41) is 0.458. The third-order valence-electron chi connectivity index (χ3n) is 5.25. The first kappa shape index (κ1) is 30.8. The minimum atomic E-state index is -2.58. The van der Waals surface area contributed by atoms with Gasteiger partial charge in [0.05, 0.1) is 12.2 Å². The summed E-state index contributed by atoms with van der Waals surface area (Å²) in [6.07, 6.45) is -3.33. The first-order valence-electron chi connectivity index (χ1n) is 11.4. The van der Waals surface area contributed by atoms with Crippen molar-refractivity contribution in [3.05, 3.63) is 69.3 Å². The van der Waals surface area contributed by atoms with Gasteiger partial charge >= 0.3 is 11.7 Å². The molecule has 0 aliphatic carbocycles. The first-order chi connectivity index (χ1) is 17.8. The summed E-state index contributed by atoms with van der Waals surface area (Å²) in [4.78, 5) is 27.3. The average Bonchev–Trinajstić information content (AvgIpc) is 2.83. The SMILES string of the molecule is CCS(=O)[O-].CN(Cc1c(Cc2cccc(N)c2F)c(=O)oc2cc(OC(=O)N(C)C)ccc12)CC(F)F.[HH]. The Labute approximate surface area is 221 Å². The highest BCUT2D eigenvalue weighted by Crippen LogP contribution is 2.28. The van der Waals surface area contributed by atoms with Gasteiger partial charge in [-0.2, -0.15) is 0 Å². The Morgan fingerprint density at radius 3 is 2.45 bits per heavy atom. The van der Waals surface area contributed by atoms with Crippen molar-refractivity contribution in [3.63, 3.8) is 0 Å². The molecular formula is C25H31F3N3O6S-. The molecule has 0 aliphatic heterocycles. The van der Waals surface area contributed by atoms with Gasteiger partial charge in [-0.15, -0.1) is 0 Å². The molecule has 2 aromatic carbocycles. The maximum atomic E-state index is 14.5. The van der Waals surface area contributed by atoms with E-state index in [1.807, 2.05) is 0 Å². The van der Waals surface area contributed by atoms with Gasteiger partial charge in [-0.05, 0) is 36.4 Å². The lowest BCUT2D eigenvalue weighted by atomic mass is 9.97. The Balaban J connectivity index is 0.00000116. The second-order valence-corrected chi connectivity index (χ2v) is 9.63. The molecule has 0 fully saturated rings. The van der Waals surface area contributed by atoms with Gasteiger partial charge in [0.15, 0.2) is 0 Å². The number of carbonyl (C=O) groups excluding carboxylic acids is 1. The van der Waals surface area contributed by atoms with Crippen molar-refractivity contribution in [3.8, 4) is 5.75 Å². The average molecular weight is 559 g/mol. The molecule has 38 heavy (non-hydrogen) atoms. The molecule has 0 bridgehead atoms. The fraction of sp³-hybridized carbons (Fsp3) is 0.360. The van der Waals surface area contributed by atoms with E-state index in [4.69, 9.17) is 14.9 Å². The number of alkyl halides is 2. The molecule has 210 valence electrons. The maximum Gasteiger partial charge on any atom is 0.414 e. The van der Waals surface area contributed by atoms with Crippen molar-refractivity contribution in [2.45, 2.75) is 26.3 Å². The lowest BCUT2D eigenvalue weighted by Gasteiger charge is -2.20. The highest BCUT2D eigenvalue weighted by Gasteiger charge is 2.20. The number of fused-ring (bicyclic) bond motifs is 1. The highest BCUT2D eigenvalue weighted by atomic mass is 32.2. The van der Waals surface area contributed by atoms with Gasteiger partial charge in [0.2, 0.25) is 0 Å². The number of carbonyl (C=O) groups is 1. The molecule has 0 saturated heterocycles. The Morgan fingerprint density at radius 2 is 1.87 bits per heavy atom. The molecule has 1 atom stereocenters. The second-order valence-electron chi connectivity index (χ2n) is 8.44. The third-order valence-corrected chi connectivity index (χ3v) is 5.72. The topological polar surface area (TPSA) is 129 Å². The highest BCUT2D eigenvalue weighted by molar-refractivity contribution is 7.79. The van der Waals surface area contributed by atoms with Gasteiger partial charge in [0, 0.05) is 51.3 Å². The number of halogens is 3. The van der Waals surface area contributed by atoms with Crippen LogP contribution in [0.2, 0.25) is 0 Å². The van der Waals surface area contributed by atoms with Gasteiger partial charge in [-0.1, -0.05) is 30.1 Å². The third kappa shape index (κ3) is 8.57. The van der Waals surface area contributed by atoms with Gasteiger partial charge < -0.3 is 24.3 Å². The van der Waals surface area contributed by atoms with E-state index in [1.165, 1.54) is 55.2 Å². The number of ether oxygens (including phenoxy) is 1. The zero-order valence-electron chi connectivity index (χ0n) is 21.3. The molecule has 2 N–H and O–H groups in total. The van der Waals surface area contributed by atoms with Crippen molar-refractivity contribution in [1.82, 2.24) is 9.80 Å². The van der Waals surface area contributed by atoms with Crippen LogP contribution < -0.4 is 16.1 Å². The molecule has 0 spiro atoms. The number of anilines is 1. The summed E-state index contributed by atoms with van der Waals surface area (Å²) in [6.45, 7) is 1.05. The summed E-state index contributed by atoms with van der Waals surface area (Å²) in [5.74, 6) is -0.291. The smallest absolute Gasteiger partial charge is 0.414 e. The quantitative estimate of drug-likeness (QED) is 0.250. The Kier molecular flexibility index (Phi) is 11.3. The van der Waals surface area contributed by atoms with Crippen molar-refractivity contribution in [2.75, 3.05) is 39.2 Å². The number of nitrogens with two attached hydrogens (primary N) is 1. The zero-order chi connectivity index (χ0) is 28.6. The number of amides is 1. The van der Waals surface area contributed by atoms with Crippen LogP contribution in [0.4, 0.5) is 23.7 Å². The van der Waals surface area contributed by atoms with E-state index < -0.39 is 41.6 Å². The van der Waals surface area contributed by atoms with Crippen LogP contribution in [0, 0.1) is 5.82 Å². The molecule has 3 rings (SSSR count). The minimum Gasteiger partial charge on any atom is -0.772 e. The standard InChI is InChI=1S/C23H24F3N3O4.C2H6O2S.H2/c1-28(2)23(31)32-14-7-8-15-17(11-29(3)12-20(24)25)16(22(30)33-19(15)10-14)9-13-5-4-6-18(27)21(13)26;1-2-5(3)4;/h4-8,10,20H,9,11-12,27H2,1-3H3;2H2,1H3,(H,3,4);1H/p-1. The van der Waals surface area contributed by atoms with Gasteiger partial charge in [0.1, 0.15) is 17.1 Å². The number of hydrogen-bond donors (Lipinski definition) is 1. The summed E-state index contributed by atoms with van der Waals surface area (Å²) in [7, 11) is 4.52. The second kappa shape index (κ2) is 13.9. The van der Waals surface area contributed by atoms with Crippen LogP contribution in [0.25, 0.3) is 11.0 Å². The zero-order valence-corrected chi connectivity index (χ0v) is 22.1. The van der Waals surface area contributed by atoms with E-state index in [1.54, 1.807) is 19.1 Å². The van der Waals surface area contributed by atoms with Crippen molar-refractivity contribution in [1.29, 1.82) is 0 Å². The maximum absolute atomic E-state index is 14.5. The van der Waals surface area contributed by atoms with Gasteiger partial charge in [0.25, 0.3) is 6.43 Å².